The van der Waals surface area contributed by atoms with Crippen LogP contribution in [0.15, 0.2) is 28.1 Å². The van der Waals surface area contributed by atoms with Gasteiger partial charge in [0.05, 0.1) is 10.8 Å². The number of nitrogens with two attached hydrogens (primary N) is 1. The molecule has 0 bridgehead atoms. The summed E-state index contributed by atoms with van der Waals surface area (Å²) in [6, 6.07) is 3.12. The van der Waals surface area contributed by atoms with Crippen LogP contribution in [0.3, 0.4) is 0 Å². The molecule has 0 radical (unpaired) electrons. The molecule has 1 aromatic carbocycles. The average Bonchev–Trinajstić information content (AvgIpc) is 2.19. The van der Waals surface area contributed by atoms with Gasteiger partial charge in [-0.3, -0.25) is 4.55 Å². The fraction of sp³-hybridized carbons (Fsp3) is 0.125. The zero-order valence-corrected chi connectivity index (χ0v) is 9.53. The number of hydrogen-bond donors (Lipinski definition) is 3. The second-order valence-electron chi connectivity index (χ2n) is 2.86. The number of phenolic OH excluding ortho intramolecular Hbond substituents is 1. The van der Waals surface area contributed by atoms with Gasteiger partial charge in [-0.15, -0.1) is 11.6 Å². The lowest BCUT2D eigenvalue weighted by Crippen LogP contribution is -2.12. The minimum atomic E-state index is -4.34. The first kappa shape index (κ1) is 12.8. The van der Waals surface area contributed by atoms with E-state index in [1.807, 2.05) is 0 Å². The summed E-state index contributed by atoms with van der Waals surface area (Å²) in [4.78, 5) is 3.31. The highest BCUT2D eigenvalue weighted by Gasteiger charge is 2.12. The molecule has 1 rings (SSSR count). The number of benzene rings is 1. The van der Waals surface area contributed by atoms with E-state index in [0.717, 1.165) is 18.2 Å². The minimum Gasteiger partial charge on any atom is -0.506 e. The Morgan fingerprint density at radius 3 is 2.62 bits per heavy atom. The second kappa shape index (κ2) is 4.69. The predicted molar refractivity (Wildman–Crippen MR) is 59.9 cm³/mol. The zero-order chi connectivity index (χ0) is 12.3. The average molecular weight is 265 g/mol. The third-order valence-electron chi connectivity index (χ3n) is 1.65. The molecule has 4 N–H and O–H groups in total. The topological polar surface area (TPSA) is 113 Å². The summed E-state index contributed by atoms with van der Waals surface area (Å²) >= 11 is 5.38. The highest BCUT2D eigenvalue weighted by molar-refractivity contribution is 7.85. The van der Waals surface area contributed by atoms with E-state index in [1.165, 1.54) is 0 Å². The number of phenols is 1. The van der Waals surface area contributed by atoms with E-state index in [0.29, 0.717) is 0 Å². The lowest BCUT2D eigenvalue weighted by Gasteiger charge is -2.02. The third kappa shape index (κ3) is 3.09. The van der Waals surface area contributed by atoms with Crippen LogP contribution in [0.25, 0.3) is 0 Å². The van der Waals surface area contributed by atoms with E-state index < -0.39 is 10.1 Å². The lowest BCUT2D eigenvalue weighted by atomic mass is 10.3. The van der Waals surface area contributed by atoms with Gasteiger partial charge < -0.3 is 10.8 Å². The Labute approximate surface area is 97.1 Å². The number of alkyl halides is 1. The highest BCUT2D eigenvalue weighted by atomic mass is 35.5. The molecule has 0 unspecified atom stereocenters. The van der Waals surface area contributed by atoms with E-state index in [2.05, 4.69) is 4.99 Å². The number of nitrogens with zero attached hydrogens (tertiary/aromatic N) is 1. The summed E-state index contributed by atoms with van der Waals surface area (Å²) in [6.45, 7) is 0. The molecule has 0 aromatic heterocycles. The maximum absolute atomic E-state index is 10.8. The Morgan fingerprint density at radius 2 is 2.12 bits per heavy atom. The minimum absolute atomic E-state index is 0.0180. The van der Waals surface area contributed by atoms with Crippen LogP contribution in [0.4, 0.5) is 5.69 Å². The molecule has 0 aliphatic carbocycles. The molecule has 16 heavy (non-hydrogen) atoms. The number of aliphatic imine (C=N–C) groups is 1. The Kier molecular flexibility index (Phi) is 3.74. The fourth-order valence-corrected chi connectivity index (χ4v) is 1.50. The summed E-state index contributed by atoms with van der Waals surface area (Å²) in [5.74, 6) is -0.305. The molecule has 6 nitrogen and oxygen atoms in total. The number of rotatable bonds is 3. The summed E-state index contributed by atoms with van der Waals surface area (Å²) < 4.78 is 30.4. The van der Waals surface area contributed by atoms with Gasteiger partial charge in [0.15, 0.2) is 0 Å². The molecule has 0 aliphatic heterocycles. The van der Waals surface area contributed by atoms with Crippen molar-refractivity contribution in [3.05, 3.63) is 18.2 Å². The van der Waals surface area contributed by atoms with Gasteiger partial charge in [-0.25, -0.2) is 4.99 Å². The number of aromatic hydroxyl groups is 1. The van der Waals surface area contributed by atoms with Gasteiger partial charge in [-0.05, 0) is 18.2 Å². The quantitative estimate of drug-likeness (QED) is 0.324. The highest BCUT2D eigenvalue weighted by Crippen LogP contribution is 2.28. The van der Waals surface area contributed by atoms with Crippen LogP contribution in [-0.4, -0.2) is 29.8 Å². The van der Waals surface area contributed by atoms with Crippen molar-refractivity contribution < 1.29 is 18.1 Å². The van der Waals surface area contributed by atoms with Crippen LogP contribution in [0.2, 0.25) is 0 Å². The van der Waals surface area contributed by atoms with Crippen molar-refractivity contribution >= 4 is 33.2 Å². The van der Waals surface area contributed by atoms with Gasteiger partial charge in [-0.2, -0.15) is 8.42 Å². The van der Waals surface area contributed by atoms with Crippen molar-refractivity contribution in [1.82, 2.24) is 0 Å². The van der Waals surface area contributed by atoms with Gasteiger partial charge >= 0.3 is 0 Å². The molecular formula is C8H9ClN2O4S. The maximum Gasteiger partial charge on any atom is 0.294 e. The van der Waals surface area contributed by atoms with Gasteiger partial charge in [0.25, 0.3) is 10.1 Å². The van der Waals surface area contributed by atoms with Crippen molar-refractivity contribution in [2.45, 2.75) is 4.90 Å². The van der Waals surface area contributed by atoms with Crippen molar-refractivity contribution in [3.8, 4) is 5.75 Å². The fourth-order valence-electron chi connectivity index (χ4n) is 0.938. The second-order valence-corrected chi connectivity index (χ2v) is 4.55. The monoisotopic (exact) mass is 264 g/mol. The zero-order valence-electron chi connectivity index (χ0n) is 7.96. The van der Waals surface area contributed by atoms with E-state index in [4.69, 9.17) is 21.9 Å². The SMILES string of the molecule is NC(CCl)=Nc1cc(S(=O)(=O)O)ccc1O. The Hall–Kier alpha value is -1.31. The molecule has 0 spiro atoms. The number of amidine groups is 1. The van der Waals surface area contributed by atoms with Crippen LogP contribution >= 0.6 is 11.6 Å². The molecular weight excluding hydrogens is 256 g/mol. The predicted octanol–water partition coefficient (Wildman–Crippen LogP) is 0.866. The normalized spacial score (nSPS) is 12.8. The van der Waals surface area contributed by atoms with Crippen LogP contribution < -0.4 is 5.73 Å². The van der Waals surface area contributed by atoms with Gasteiger partial charge in [0.2, 0.25) is 0 Å². The molecule has 0 atom stereocenters. The van der Waals surface area contributed by atoms with E-state index >= 15 is 0 Å². The summed E-state index contributed by atoms with van der Waals surface area (Å²) in [7, 11) is -4.34. The van der Waals surface area contributed by atoms with E-state index in [9.17, 15) is 13.5 Å². The number of hydrogen-bond acceptors (Lipinski definition) is 4. The largest absolute Gasteiger partial charge is 0.506 e. The van der Waals surface area contributed by atoms with Crippen molar-refractivity contribution in [3.63, 3.8) is 0 Å². The molecule has 0 aliphatic rings. The van der Waals surface area contributed by atoms with Crippen molar-refractivity contribution in [2.75, 3.05) is 5.88 Å². The van der Waals surface area contributed by atoms with Crippen LogP contribution in [-0.2, 0) is 10.1 Å². The van der Waals surface area contributed by atoms with Gasteiger partial charge in [-0.1, -0.05) is 0 Å². The molecule has 88 valence electrons. The first-order valence-corrected chi connectivity index (χ1v) is 6.01. The van der Waals surface area contributed by atoms with E-state index in [-0.39, 0.29) is 28.0 Å². The maximum atomic E-state index is 10.8. The first-order chi connectivity index (χ1) is 7.34. The molecule has 0 saturated heterocycles. The Morgan fingerprint density at radius 1 is 1.50 bits per heavy atom. The van der Waals surface area contributed by atoms with E-state index in [1.54, 1.807) is 0 Å². The van der Waals surface area contributed by atoms with Gasteiger partial charge in [0, 0.05) is 0 Å². The molecule has 0 amide bonds. The summed E-state index contributed by atoms with van der Waals surface area (Å²) in [6.07, 6.45) is 0. The molecule has 0 heterocycles. The Bertz CT molecular complexity index is 527. The molecule has 8 heteroatoms. The lowest BCUT2D eigenvalue weighted by molar-refractivity contribution is 0.474. The Balaban J connectivity index is 3.30. The van der Waals surface area contributed by atoms with Crippen molar-refractivity contribution in [1.29, 1.82) is 0 Å². The smallest absolute Gasteiger partial charge is 0.294 e. The number of halogens is 1. The standard InChI is InChI=1S/C8H9ClN2O4S/c9-4-8(10)11-6-3-5(16(13,14)15)1-2-7(6)12/h1-3,12H,4H2,(H2,10,11)(H,13,14,15). The molecule has 1 aromatic rings. The van der Waals surface area contributed by atoms with Crippen molar-refractivity contribution in [2.24, 2.45) is 10.7 Å². The van der Waals surface area contributed by atoms with Crippen LogP contribution in [0.5, 0.6) is 5.75 Å². The molecule has 0 fully saturated rings. The third-order valence-corrected chi connectivity index (χ3v) is 2.77. The van der Waals surface area contributed by atoms with Crippen LogP contribution in [0.1, 0.15) is 0 Å². The van der Waals surface area contributed by atoms with Gasteiger partial charge in [0.1, 0.15) is 17.3 Å². The first-order valence-electron chi connectivity index (χ1n) is 4.04. The molecule has 0 saturated carbocycles. The summed E-state index contributed by atoms with van der Waals surface area (Å²) in [5.41, 5.74) is 5.25. The van der Waals surface area contributed by atoms with Crippen LogP contribution in [0, 0.1) is 0 Å². The summed E-state index contributed by atoms with van der Waals surface area (Å²) in [5, 5.41) is 9.36.